The van der Waals surface area contributed by atoms with Crippen LogP contribution in [0, 0.1) is 0 Å². The van der Waals surface area contributed by atoms with Crippen molar-refractivity contribution in [2.75, 3.05) is 7.11 Å². The minimum absolute atomic E-state index is 0.682. The lowest BCUT2D eigenvalue weighted by Gasteiger charge is -2.08. The second kappa shape index (κ2) is 8.99. The van der Waals surface area contributed by atoms with Gasteiger partial charge < -0.3 is 4.74 Å². The third-order valence-corrected chi connectivity index (χ3v) is 6.60. The highest BCUT2D eigenvalue weighted by atomic mass is 33.1. The summed E-state index contributed by atoms with van der Waals surface area (Å²) in [6.45, 7) is 0.682. The summed E-state index contributed by atoms with van der Waals surface area (Å²) in [5.74, 6) is 0.827. The number of rotatable bonds is 7. The van der Waals surface area contributed by atoms with Crippen molar-refractivity contribution < 1.29 is 4.74 Å². The van der Waals surface area contributed by atoms with Crippen LogP contribution in [0.5, 0.6) is 5.75 Å². The van der Waals surface area contributed by atoms with Crippen LogP contribution in [0.3, 0.4) is 0 Å². The molecule has 4 aromatic rings. The zero-order chi connectivity index (χ0) is 19.2. The lowest BCUT2D eigenvalue weighted by molar-refractivity contribution is 0.415. The van der Waals surface area contributed by atoms with Gasteiger partial charge in [0.25, 0.3) is 0 Å². The predicted octanol–water partition coefficient (Wildman–Crippen LogP) is 5.80. The summed E-state index contributed by atoms with van der Waals surface area (Å²) < 4.78 is 7.24. The largest absolute Gasteiger partial charge is 0.497 e. The minimum atomic E-state index is 0.682. The van der Waals surface area contributed by atoms with Crippen molar-refractivity contribution in [1.82, 2.24) is 15.0 Å². The van der Waals surface area contributed by atoms with Crippen LogP contribution in [-0.2, 0) is 6.54 Å². The van der Waals surface area contributed by atoms with E-state index in [1.165, 1.54) is 10.5 Å². The molecule has 0 aliphatic carbocycles. The van der Waals surface area contributed by atoms with E-state index in [0.717, 1.165) is 22.0 Å². The molecule has 1 heterocycles. The summed E-state index contributed by atoms with van der Waals surface area (Å²) >= 11 is 0. The van der Waals surface area contributed by atoms with Gasteiger partial charge in [0.1, 0.15) is 16.5 Å². The second-order valence-electron chi connectivity index (χ2n) is 6.09. The maximum Gasteiger partial charge on any atom is 0.134 e. The summed E-state index contributed by atoms with van der Waals surface area (Å²) in [5, 5.41) is 9.96. The van der Waals surface area contributed by atoms with Crippen molar-refractivity contribution in [2.24, 2.45) is 0 Å². The Balaban J connectivity index is 1.66. The average Bonchev–Trinajstić information content (AvgIpc) is 3.16. The van der Waals surface area contributed by atoms with Gasteiger partial charge in [-0.15, -0.1) is 5.10 Å². The number of hydrogen-bond donors (Lipinski definition) is 0. The normalized spacial score (nSPS) is 10.8. The summed E-state index contributed by atoms with van der Waals surface area (Å²) in [4.78, 5) is 1.20. The number of ether oxygens (including phenoxy) is 1. The lowest BCUT2D eigenvalue weighted by Crippen LogP contribution is -2.03. The van der Waals surface area contributed by atoms with Crippen LogP contribution in [0.1, 0.15) is 5.56 Å². The highest BCUT2D eigenvalue weighted by molar-refractivity contribution is 8.76. The van der Waals surface area contributed by atoms with Crippen molar-refractivity contribution in [3.63, 3.8) is 0 Å². The van der Waals surface area contributed by atoms with Gasteiger partial charge >= 0.3 is 0 Å². The molecule has 3 aromatic carbocycles. The van der Waals surface area contributed by atoms with E-state index in [2.05, 4.69) is 34.6 Å². The molecule has 0 spiro atoms. The van der Waals surface area contributed by atoms with Crippen molar-refractivity contribution in [1.29, 1.82) is 0 Å². The molecule has 28 heavy (non-hydrogen) atoms. The fourth-order valence-electron chi connectivity index (χ4n) is 2.74. The Morgan fingerprint density at radius 2 is 1.50 bits per heavy atom. The van der Waals surface area contributed by atoms with Gasteiger partial charge in [-0.2, -0.15) is 0 Å². The third-order valence-electron chi connectivity index (χ3n) is 4.19. The minimum Gasteiger partial charge on any atom is -0.497 e. The maximum atomic E-state index is 5.27. The van der Waals surface area contributed by atoms with E-state index < -0.39 is 0 Å². The Labute approximate surface area is 172 Å². The average molecular weight is 406 g/mol. The number of nitrogens with zero attached hydrogens (tertiary/aromatic N) is 3. The Hall–Kier alpha value is -2.70. The Morgan fingerprint density at radius 1 is 0.821 bits per heavy atom. The quantitative estimate of drug-likeness (QED) is 0.363. The number of aromatic nitrogens is 3. The fraction of sp³-hybridized carbons (Fsp3) is 0.0909. The summed E-state index contributed by atoms with van der Waals surface area (Å²) in [6, 6.07) is 28.6. The molecule has 0 saturated heterocycles. The van der Waals surface area contributed by atoms with Gasteiger partial charge in [0.15, 0.2) is 0 Å². The molecule has 4 nitrogen and oxygen atoms in total. The van der Waals surface area contributed by atoms with Crippen LogP contribution < -0.4 is 4.74 Å². The van der Waals surface area contributed by atoms with Gasteiger partial charge in [0.2, 0.25) is 0 Å². The molecule has 0 fully saturated rings. The highest BCUT2D eigenvalue weighted by Crippen LogP contribution is 2.41. The standard InChI is InChI=1S/C22H19N3OS2/c1-26-19-14-12-18(13-15-19)21-22(28-27-20-10-6-3-7-11-20)25(24-23-21)16-17-8-4-2-5-9-17/h2-15H,16H2,1H3. The molecular formula is C22H19N3OS2. The molecule has 0 aliphatic heterocycles. The van der Waals surface area contributed by atoms with Gasteiger partial charge in [-0.3, -0.25) is 0 Å². The van der Waals surface area contributed by atoms with E-state index in [9.17, 15) is 0 Å². The van der Waals surface area contributed by atoms with Gasteiger partial charge in [-0.25, -0.2) is 4.68 Å². The molecule has 4 rings (SSSR count). The van der Waals surface area contributed by atoms with Gasteiger partial charge in [0, 0.05) is 10.5 Å². The zero-order valence-electron chi connectivity index (χ0n) is 15.4. The molecule has 6 heteroatoms. The lowest BCUT2D eigenvalue weighted by atomic mass is 10.1. The molecule has 1 aromatic heterocycles. The first-order chi connectivity index (χ1) is 13.8. The molecule has 0 amide bonds. The summed E-state index contributed by atoms with van der Waals surface area (Å²) in [7, 11) is 5.06. The molecule has 0 aliphatic rings. The van der Waals surface area contributed by atoms with Crippen molar-refractivity contribution in [3.8, 4) is 17.0 Å². The van der Waals surface area contributed by atoms with Crippen molar-refractivity contribution in [2.45, 2.75) is 16.5 Å². The topological polar surface area (TPSA) is 39.9 Å². The van der Waals surface area contributed by atoms with Crippen molar-refractivity contribution >= 4 is 21.6 Å². The van der Waals surface area contributed by atoms with Gasteiger partial charge in [-0.05, 0) is 52.8 Å². The first-order valence-corrected chi connectivity index (χ1v) is 11.0. The SMILES string of the molecule is COc1ccc(-c2nnn(Cc3ccccc3)c2SSc2ccccc2)cc1. The van der Waals surface area contributed by atoms with E-state index in [4.69, 9.17) is 4.74 Å². The Morgan fingerprint density at radius 3 is 2.18 bits per heavy atom. The number of benzene rings is 3. The third kappa shape index (κ3) is 4.40. The molecule has 0 bridgehead atoms. The van der Waals surface area contributed by atoms with Crippen LogP contribution in [0.15, 0.2) is 94.9 Å². The monoisotopic (exact) mass is 405 g/mol. The van der Waals surface area contributed by atoms with Crippen molar-refractivity contribution in [3.05, 3.63) is 90.5 Å². The van der Waals surface area contributed by atoms with E-state index in [-0.39, 0.29) is 0 Å². The van der Waals surface area contributed by atoms with Crippen LogP contribution in [0.25, 0.3) is 11.3 Å². The van der Waals surface area contributed by atoms with Crippen LogP contribution >= 0.6 is 21.6 Å². The first-order valence-electron chi connectivity index (χ1n) is 8.85. The molecular weight excluding hydrogens is 386 g/mol. The van der Waals surface area contributed by atoms with Gasteiger partial charge in [-0.1, -0.05) is 64.5 Å². The zero-order valence-corrected chi connectivity index (χ0v) is 17.0. The molecule has 0 saturated carbocycles. The fourth-order valence-corrected chi connectivity index (χ4v) is 4.96. The maximum absolute atomic E-state index is 5.27. The Kier molecular flexibility index (Phi) is 5.99. The predicted molar refractivity (Wildman–Crippen MR) is 116 cm³/mol. The number of hydrogen-bond acceptors (Lipinski definition) is 5. The van der Waals surface area contributed by atoms with E-state index >= 15 is 0 Å². The summed E-state index contributed by atoms with van der Waals surface area (Å²) in [5.41, 5.74) is 3.10. The molecule has 0 atom stereocenters. The highest BCUT2D eigenvalue weighted by Gasteiger charge is 2.17. The van der Waals surface area contributed by atoms with Gasteiger partial charge in [0.05, 0.1) is 13.7 Å². The van der Waals surface area contributed by atoms with E-state index in [0.29, 0.717) is 6.54 Å². The van der Waals surface area contributed by atoms with E-state index in [1.54, 1.807) is 28.7 Å². The molecule has 140 valence electrons. The summed E-state index contributed by atoms with van der Waals surface area (Å²) in [6.07, 6.45) is 0. The van der Waals surface area contributed by atoms with Crippen LogP contribution in [0.4, 0.5) is 0 Å². The molecule has 0 unspecified atom stereocenters. The number of methoxy groups -OCH3 is 1. The first kappa shape index (κ1) is 18.7. The Bertz CT molecular complexity index is 1020. The van der Waals surface area contributed by atoms with E-state index in [1.807, 2.05) is 65.3 Å². The van der Waals surface area contributed by atoms with Crippen LogP contribution in [-0.4, -0.2) is 22.1 Å². The smallest absolute Gasteiger partial charge is 0.134 e. The second-order valence-corrected chi connectivity index (χ2v) is 8.29. The molecule has 0 N–H and O–H groups in total. The van der Waals surface area contributed by atoms with Crippen LogP contribution in [0.2, 0.25) is 0 Å². The molecule has 0 radical (unpaired) electrons.